The lowest BCUT2D eigenvalue weighted by Crippen LogP contribution is -2.42. The molecule has 4 rings (SSSR count). The van der Waals surface area contributed by atoms with Gasteiger partial charge in [-0.2, -0.15) is 0 Å². The van der Waals surface area contributed by atoms with Crippen molar-refractivity contribution < 1.29 is 24.2 Å². The number of ether oxygens (including phenoxy) is 1. The van der Waals surface area contributed by atoms with Crippen LogP contribution in [0, 0.1) is 0 Å². The molecule has 1 fully saturated rings. The summed E-state index contributed by atoms with van der Waals surface area (Å²) in [7, 11) is 0. The second-order valence-electron chi connectivity index (χ2n) is 9.09. The summed E-state index contributed by atoms with van der Waals surface area (Å²) >= 11 is 0. The van der Waals surface area contributed by atoms with Gasteiger partial charge in [-0.05, 0) is 47.9 Å². The number of likely N-dealkylation sites (tertiary alicyclic amines) is 1. The number of alkyl carbamates (subject to hydrolysis) is 1. The number of nitrogens with zero attached hydrogens (tertiary/aromatic N) is 1. The molecule has 0 aromatic heterocycles. The van der Waals surface area contributed by atoms with Crippen LogP contribution in [0.15, 0.2) is 48.5 Å². The summed E-state index contributed by atoms with van der Waals surface area (Å²) in [6.07, 6.45) is 2.50. The van der Waals surface area contributed by atoms with Crippen LogP contribution in [-0.2, 0) is 14.3 Å². The minimum atomic E-state index is -0.845. The predicted molar refractivity (Wildman–Crippen MR) is 129 cm³/mol. The number of hydrogen-bond acceptors (Lipinski definition) is 4. The largest absolute Gasteiger partial charge is 0.481 e. The van der Waals surface area contributed by atoms with Crippen molar-refractivity contribution in [1.82, 2.24) is 10.2 Å². The summed E-state index contributed by atoms with van der Waals surface area (Å²) in [5.41, 5.74) is 4.65. The van der Waals surface area contributed by atoms with Crippen LogP contribution in [0.25, 0.3) is 11.1 Å². The number of carbonyl (C=O) groups excluding carboxylic acids is 2. The molecule has 0 bridgehead atoms. The van der Waals surface area contributed by atoms with E-state index in [9.17, 15) is 14.4 Å². The van der Waals surface area contributed by atoms with Gasteiger partial charge in [0.2, 0.25) is 5.91 Å². The Hall–Kier alpha value is -3.35. The van der Waals surface area contributed by atoms with Gasteiger partial charge < -0.3 is 20.1 Å². The van der Waals surface area contributed by atoms with E-state index in [1.807, 2.05) is 31.2 Å². The van der Waals surface area contributed by atoms with Gasteiger partial charge in [-0.15, -0.1) is 0 Å². The van der Waals surface area contributed by atoms with Gasteiger partial charge in [0.05, 0.1) is 0 Å². The van der Waals surface area contributed by atoms with E-state index in [-0.39, 0.29) is 43.4 Å². The Morgan fingerprint density at radius 1 is 1.09 bits per heavy atom. The molecule has 7 nitrogen and oxygen atoms in total. The summed E-state index contributed by atoms with van der Waals surface area (Å²) in [6.45, 7) is 2.80. The SMILES string of the molecule is CC[C@@H](CC(=O)N1CCCC1CCC(=O)O)NC(=O)OCC1c2ccccc2-c2ccccc21. The molecule has 1 aliphatic carbocycles. The van der Waals surface area contributed by atoms with Crippen molar-refractivity contribution in [2.75, 3.05) is 13.2 Å². The van der Waals surface area contributed by atoms with Crippen molar-refractivity contribution >= 4 is 18.0 Å². The maximum Gasteiger partial charge on any atom is 0.407 e. The molecule has 1 heterocycles. The molecule has 2 atom stereocenters. The van der Waals surface area contributed by atoms with E-state index in [4.69, 9.17) is 9.84 Å². The van der Waals surface area contributed by atoms with Crippen molar-refractivity contribution in [3.63, 3.8) is 0 Å². The van der Waals surface area contributed by atoms with Gasteiger partial charge in [0, 0.05) is 37.4 Å². The number of nitrogens with one attached hydrogen (secondary N) is 1. The van der Waals surface area contributed by atoms with Crippen LogP contribution >= 0.6 is 0 Å². The van der Waals surface area contributed by atoms with Gasteiger partial charge in [-0.1, -0.05) is 55.5 Å². The topological polar surface area (TPSA) is 95.9 Å². The minimum Gasteiger partial charge on any atom is -0.481 e. The molecule has 2 aromatic rings. The molecule has 0 saturated carbocycles. The lowest BCUT2D eigenvalue weighted by atomic mass is 9.98. The molecule has 2 N–H and O–H groups in total. The number of amides is 2. The monoisotopic (exact) mass is 464 g/mol. The van der Waals surface area contributed by atoms with Crippen LogP contribution in [0.1, 0.15) is 62.5 Å². The van der Waals surface area contributed by atoms with Gasteiger partial charge in [0.25, 0.3) is 0 Å². The zero-order chi connectivity index (χ0) is 24.1. The van der Waals surface area contributed by atoms with E-state index in [0.717, 1.165) is 24.0 Å². The molecular weight excluding hydrogens is 432 g/mol. The molecule has 7 heteroatoms. The molecule has 0 spiro atoms. The van der Waals surface area contributed by atoms with Crippen LogP contribution in [0.3, 0.4) is 0 Å². The van der Waals surface area contributed by atoms with Gasteiger partial charge in [-0.25, -0.2) is 4.79 Å². The van der Waals surface area contributed by atoms with Crippen LogP contribution in [0.4, 0.5) is 4.79 Å². The van der Waals surface area contributed by atoms with E-state index in [1.165, 1.54) is 11.1 Å². The van der Waals surface area contributed by atoms with Crippen LogP contribution < -0.4 is 5.32 Å². The van der Waals surface area contributed by atoms with Crippen molar-refractivity contribution in [3.05, 3.63) is 59.7 Å². The Morgan fingerprint density at radius 2 is 1.74 bits per heavy atom. The quantitative estimate of drug-likeness (QED) is 0.568. The van der Waals surface area contributed by atoms with Crippen LogP contribution in [-0.4, -0.2) is 53.2 Å². The molecule has 2 amide bonds. The van der Waals surface area contributed by atoms with E-state index in [2.05, 4.69) is 29.6 Å². The van der Waals surface area contributed by atoms with Gasteiger partial charge in [0.15, 0.2) is 0 Å². The fourth-order valence-corrected chi connectivity index (χ4v) is 5.19. The normalized spacial score (nSPS) is 17.7. The summed E-state index contributed by atoms with van der Waals surface area (Å²) in [6, 6.07) is 16.0. The number of hydrogen-bond donors (Lipinski definition) is 2. The Balaban J connectivity index is 1.32. The number of fused-ring (bicyclic) bond motifs is 3. The first-order valence-electron chi connectivity index (χ1n) is 12.1. The highest BCUT2D eigenvalue weighted by Crippen LogP contribution is 2.44. The molecule has 0 radical (unpaired) electrons. The summed E-state index contributed by atoms with van der Waals surface area (Å²) in [4.78, 5) is 38.2. The third-order valence-corrected chi connectivity index (χ3v) is 6.97. The summed E-state index contributed by atoms with van der Waals surface area (Å²) < 4.78 is 5.62. The maximum atomic E-state index is 12.9. The smallest absolute Gasteiger partial charge is 0.407 e. The number of aliphatic carboxylic acids is 1. The highest BCUT2D eigenvalue weighted by Gasteiger charge is 2.31. The van der Waals surface area contributed by atoms with Crippen molar-refractivity contribution in [1.29, 1.82) is 0 Å². The van der Waals surface area contributed by atoms with Crippen molar-refractivity contribution in [2.45, 2.75) is 63.5 Å². The highest BCUT2D eigenvalue weighted by molar-refractivity contribution is 5.80. The first-order valence-corrected chi connectivity index (χ1v) is 12.1. The first-order chi connectivity index (χ1) is 16.5. The maximum absolute atomic E-state index is 12.9. The molecular formula is C27H32N2O5. The van der Waals surface area contributed by atoms with Gasteiger partial charge >= 0.3 is 12.1 Å². The molecule has 2 aromatic carbocycles. The van der Waals surface area contributed by atoms with Crippen LogP contribution in [0.2, 0.25) is 0 Å². The zero-order valence-electron chi connectivity index (χ0n) is 19.5. The molecule has 34 heavy (non-hydrogen) atoms. The van der Waals surface area contributed by atoms with E-state index in [1.54, 1.807) is 4.90 Å². The lowest BCUT2D eigenvalue weighted by Gasteiger charge is -2.26. The van der Waals surface area contributed by atoms with E-state index in [0.29, 0.717) is 19.4 Å². The Kier molecular flexibility index (Phi) is 7.50. The third-order valence-electron chi connectivity index (χ3n) is 6.97. The van der Waals surface area contributed by atoms with E-state index >= 15 is 0 Å². The fraction of sp³-hybridized carbons (Fsp3) is 0.444. The Bertz CT molecular complexity index is 1010. The molecule has 180 valence electrons. The number of rotatable bonds is 9. The average Bonchev–Trinajstić information content (AvgIpc) is 3.44. The minimum absolute atomic E-state index is 0.0144. The second-order valence-corrected chi connectivity index (χ2v) is 9.09. The third kappa shape index (κ3) is 5.24. The summed E-state index contributed by atoms with van der Waals surface area (Å²) in [5.74, 6) is -0.902. The molecule has 1 saturated heterocycles. The Labute approximate surface area is 200 Å². The highest BCUT2D eigenvalue weighted by atomic mass is 16.5. The number of carboxylic acids is 1. The fourth-order valence-electron chi connectivity index (χ4n) is 5.19. The lowest BCUT2D eigenvalue weighted by molar-refractivity contribution is -0.139. The molecule has 1 unspecified atom stereocenters. The summed E-state index contributed by atoms with van der Waals surface area (Å²) in [5, 5.41) is 11.8. The Morgan fingerprint density at radius 3 is 2.35 bits per heavy atom. The molecule has 1 aliphatic heterocycles. The average molecular weight is 465 g/mol. The van der Waals surface area contributed by atoms with Crippen molar-refractivity contribution in [2.24, 2.45) is 0 Å². The second kappa shape index (κ2) is 10.7. The predicted octanol–water partition coefficient (Wildman–Crippen LogP) is 4.55. The van der Waals surface area contributed by atoms with Gasteiger partial charge in [-0.3, -0.25) is 9.59 Å². The van der Waals surface area contributed by atoms with Gasteiger partial charge in [0.1, 0.15) is 6.61 Å². The zero-order valence-corrected chi connectivity index (χ0v) is 19.5. The van der Waals surface area contributed by atoms with Crippen molar-refractivity contribution in [3.8, 4) is 11.1 Å². The number of carboxylic acid groups (broad SMARTS) is 1. The first kappa shape index (κ1) is 23.8. The van der Waals surface area contributed by atoms with E-state index < -0.39 is 12.1 Å². The van der Waals surface area contributed by atoms with Crippen LogP contribution in [0.5, 0.6) is 0 Å². The number of benzene rings is 2. The molecule has 2 aliphatic rings. The number of carbonyl (C=O) groups is 3. The standard InChI is InChI=1S/C27H32N2O5/c1-2-18(16-25(30)29-15-7-8-19(29)13-14-26(31)32)28-27(33)34-17-24-22-11-5-3-9-20(22)21-10-4-6-12-23(21)24/h3-6,9-12,18-19,24H,2,7-8,13-17H2,1H3,(H,28,33)(H,31,32)/t18-,19?/m0/s1.